The zero-order valence-electron chi connectivity index (χ0n) is 12.6. The topological polar surface area (TPSA) is 71.8 Å². The molecule has 2 N–H and O–H groups in total. The first kappa shape index (κ1) is 15.0. The van der Waals surface area contributed by atoms with Crippen molar-refractivity contribution in [3.63, 3.8) is 0 Å². The molecule has 0 aliphatic heterocycles. The molecule has 112 valence electrons. The fourth-order valence-electron chi connectivity index (χ4n) is 1.91. The predicted octanol–water partition coefficient (Wildman–Crippen LogP) is 2.43. The maximum absolute atomic E-state index is 12.1. The van der Waals surface area contributed by atoms with Gasteiger partial charge in [0.2, 0.25) is 0 Å². The second-order valence-electron chi connectivity index (χ2n) is 5.40. The van der Waals surface area contributed by atoms with Gasteiger partial charge in [-0.25, -0.2) is 4.79 Å². The van der Waals surface area contributed by atoms with E-state index in [2.05, 4.69) is 34.7 Å². The molecule has 0 fully saturated rings. The van der Waals surface area contributed by atoms with E-state index in [1.807, 2.05) is 31.2 Å². The first-order chi connectivity index (χ1) is 10.0. The van der Waals surface area contributed by atoms with Crippen LogP contribution in [0.2, 0.25) is 0 Å². The lowest BCUT2D eigenvalue weighted by Gasteiger charge is -2.22. The Morgan fingerprint density at radius 1 is 1.19 bits per heavy atom. The van der Waals surface area contributed by atoms with Gasteiger partial charge in [-0.1, -0.05) is 31.5 Å². The molecule has 0 saturated heterocycles. The number of hydrogen-bond acceptors (Lipinski definition) is 3. The van der Waals surface area contributed by atoms with E-state index < -0.39 is 0 Å². The molecule has 0 bridgehead atoms. The maximum Gasteiger partial charge on any atom is 0.319 e. The Morgan fingerprint density at radius 3 is 2.38 bits per heavy atom. The van der Waals surface area contributed by atoms with Crippen LogP contribution in [0.15, 0.2) is 36.7 Å². The maximum atomic E-state index is 12.1. The Balaban J connectivity index is 1.93. The van der Waals surface area contributed by atoms with Crippen LogP contribution in [0, 0.1) is 12.8 Å². The van der Waals surface area contributed by atoms with Gasteiger partial charge in [-0.2, -0.15) is 15.0 Å². The number of benzene rings is 1. The molecular weight excluding hydrogens is 266 g/mol. The number of amides is 2. The molecule has 1 atom stereocenters. The minimum absolute atomic E-state index is 0.0390. The van der Waals surface area contributed by atoms with Crippen molar-refractivity contribution in [2.75, 3.05) is 5.32 Å². The number of nitrogens with zero attached hydrogens (tertiary/aromatic N) is 3. The Hall–Kier alpha value is -2.37. The summed E-state index contributed by atoms with van der Waals surface area (Å²) in [6.07, 6.45) is 3.26. The summed E-state index contributed by atoms with van der Waals surface area (Å²) in [7, 11) is 0. The van der Waals surface area contributed by atoms with Crippen molar-refractivity contribution < 1.29 is 4.79 Å². The van der Waals surface area contributed by atoms with Crippen molar-refractivity contribution in [1.82, 2.24) is 20.3 Å². The van der Waals surface area contributed by atoms with Crippen molar-refractivity contribution in [2.24, 2.45) is 5.92 Å². The lowest BCUT2D eigenvalue weighted by molar-refractivity contribution is 0.239. The number of rotatable bonds is 5. The molecule has 2 aromatic rings. The Kier molecular flexibility index (Phi) is 4.92. The summed E-state index contributed by atoms with van der Waals surface area (Å²) in [5.74, 6) is 0.278. The Morgan fingerprint density at radius 2 is 1.81 bits per heavy atom. The van der Waals surface area contributed by atoms with Crippen LogP contribution in [-0.4, -0.2) is 27.1 Å². The van der Waals surface area contributed by atoms with E-state index in [4.69, 9.17) is 0 Å². The molecule has 21 heavy (non-hydrogen) atoms. The second kappa shape index (κ2) is 6.88. The molecule has 0 aliphatic carbocycles. The van der Waals surface area contributed by atoms with Gasteiger partial charge >= 0.3 is 6.03 Å². The fourth-order valence-corrected chi connectivity index (χ4v) is 1.91. The highest BCUT2D eigenvalue weighted by Gasteiger charge is 2.17. The van der Waals surface area contributed by atoms with Gasteiger partial charge in [0, 0.05) is 5.69 Å². The SMILES string of the molecule is Cc1ccc(NC(=O)NC(Cn2nccn2)C(C)C)cc1. The van der Waals surface area contributed by atoms with Crippen LogP contribution in [0.5, 0.6) is 0 Å². The van der Waals surface area contributed by atoms with Crippen LogP contribution in [0.3, 0.4) is 0 Å². The van der Waals surface area contributed by atoms with Crippen LogP contribution < -0.4 is 10.6 Å². The van der Waals surface area contributed by atoms with Crippen LogP contribution >= 0.6 is 0 Å². The van der Waals surface area contributed by atoms with Gasteiger partial charge < -0.3 is 10.6 Å². The van der Waals surface area contributed by atoms with E-state index >= 15 is 0 Å². The zero-order chi connectivity index (χ0) is 15.2. The van der Waals surface area contributed by atoms with Crippen molar-refractivity contribution in [1.29, 1.82) is 0 Å². The van der Waals surface area contributed by atoms with Crippen LogP contribution in [-0.2, 0) is 6.54 Å². The van der Waals surface area contributed by atoms with E-state index in [9.17, 15) is 4.79 Å². The molecule has 0 saturated carbocycles. The number of carbonyl (C=O) groups excluding carboxylic acids is 1. The summed E-state index contributed by atoms with van der Waals surface area (Å²) < 4.78 is 0. The lowest BCUT2D eigenvalue weighted by atomic mass is 10.1. The number of aromatic nitrogens is 3. The highest BCUT2D eigenvalue weighted by atomic mass is 16.2. The third kappa shape index (κ3) is 4.59. The van der Waals surface area contributed by atoms with Gasteiger partial charge in [-0.05, 0) is 25.0 Å². The third-order valence-electron chi connectivity index (χ3n) is 3.26. The number of urea groups is 1. The molecule has 1 aromatic heterocycles. The van der Waals surface area contributed by atoms with Crippen molar-refractivity contribution in [3.05, 3.63) is 42.2 Å². The van der Waals surface area contributed by atoms with Crippen molar-refractivity contribution >= 4 is 11.7 Å². The molecule has 6 nitrogen and oxygen atoms in total. The average molecular weight is 287 g/mol. The molecular formula is C15H21N5O. The second-order valence-corrected chi connectivity index (χ2v) is 5.40. The molecule has 0 radical (unpaired) electrons. The standard InChI is InChI=1S/C15H21N5O/c1-11(2)14(10-20-16-8-9-17-20)19-15(21)18-13-6-4-12(3)5-7-13/h4-9,11,14H,10H2,1-3H3,(H2,18,19,21). The van der Waals surface area contributed by atoms with Gasteiger partial charge in [0.05, 0.1) is 25.0 Å². The van der Waals surface area contributed by atoms with E-state index in [0.717, 1.165) is 11.3 Å². The normalized spacial score (nSPS) is 12.2. The van der Waals surface area contributed by atoms with E-state index in [1.54, 1.807) is 17.2 Å². The lowest BCUT2D eigenvalue weighted by Crippen LogP contribution is -2.44. The van der Waals surface area contributed by atoms with Gasteiger partial charge in [-0.15, -0.1) is 0 Å². The monoisotopic (exact) mass is 287 g/mol. The van der Waals surface area contributed by atoms with Gasteiger partial charge in [0.15, 0.2) is 0 Å². The van der Waals surface area contributed by atoms with E-state index in [1.165, 1.54) is 0 Å². The molecule has 1 aromatic carbocycles. The summed E-state index contributed by atoms with van der Waals surface area (Å²) in [4.78, 5) is 13.6. The number of aryl methyl sites for hydroxylation is 1. The van der Waals surface area contributed by atoms with Crippen molar-refractivity contribution in [3.8, 4) is 0 Å². The molecule has 6 heteroatoms. The van der Waals surface area contributed by atoms with Gasteiger partial charge in [-0.3, -0.25) is 0 Å². The summed E-state index contributed by atoms with van der Waals surface area (Å²) in [5.41, 5.74) is 1.93. The van der Waals surface area contributed by atoms with Crippen LogP contribution in [0.25, 0.3) is 0 Å². The number of nitrogens with one attached hydrogen (secondary N) is 2. The predicted molar refractivity (Wildman–Crippen MR) is 82.0 cm³/mol. The highest BCUT2D eigenvalue weighted by Crippen LogP contribution is 2.09. The molecule has 2 rings (SSSR count). The van der Waals surface area contributed by atoms with E-state index in [0.29, 0.717) is 6.54 Å². The summed E-state index contributed by atoms with van der Waals surface area (Å²) in [6.45, 7) is 6.67. The summed E-state index contributed by atoms with van der Waals surface area (Å²) in [5, 5.41) is 13.9. The quantitative estimate of drug-likeness (QED) is 0.887. The Labute approximate surface area is 124 Å². The third-order valence-corrected chi connectivity index (χ3v) is 3.26. The number of anilines is 1. The molecule has 0 spiro atoms. The smallest absolute Gasteiger partial charge is 0.319 e. The minimum atomic E-state index is -0.218. The number of hydrogen-bond donors (Lipinski definition) is 2. The van der Waals surface area contributed by atoms with Crippen LogP contribution in [0.4, 0.5) is 10.5 Å². The molecule has 2 amide bonds. The Bertz CT molecular complexity index is 562. The first-order valence-corrected chi connectivity index (χ1v) is 7.03. The van der Waals surface area contributed by atoms with Gasteiger partial charge in [0.25, 0.3) is 0 Å². The zero-order valence-corrected chi connectivity index (χ0v) is 12.6. The molecule has 1 unspecified atom stereocenters. The fraction of sp³-hybridized carbons (Fsp3) is 0.400. The molecule has 0 aliphatic rings. The molecule has 1 heterocycles. The van der Waals surface area contributed by atoms with Crippen molar-refractivity contribution in [2.45, 2.75) is 33.4 Å². The van der Waals surface area contributed by atoms with E-state index in [-0.39, 0.29) is 18.0 Å². The largest absolute Gasteiger partial charge is 0.333 e. The first-order valence-electron chi connectivity index (χ1n) is 7.03. The summed E-state index contributed by atoms with van der Waals surface area (Å²) >= 11 is 0. The minimum Gasteiger partial charge on any atom is -0.333 e. The average Bonchev–Trinajstić information content (AvgIpc) is 2.93. The summed E-state index contributed by atoms with van der Waals surface area (Å²) in [6, 6.07) is 7.43. The van der Waals surface area contributed by atoms with Crippen LogP contribution in [0.1, 0.15) is 19.4 Å². The highest BCUT2D eigenvalue weighted by molar-refractivity contribution is 5.89. The number of carbonyl (C=O) groups is 1. The van der Waals surface area contributed by atoms with Gasteiger partial charge in [0.1, 0.15) is 0 Å².